The minimum absolute atomic E-state index is 0.458. The van der Waals surface area contributed by atoms with Gasteiger partial charge in [-0.1, -0.05) is 25.7 Å². The number of ether oxygens (including phenoxy) is 1. The van der Waals surface area contributed by atoms with E-state index >= 15 is 0 Å². The first-order valence-electron chi connectivity index (χ1n) is 6.67. The van der Waals surface area contributed by atoms with E-state index in [9.17, 15) is 0 Å². The molecule has 0 spiro atoms. The number of aromatic nitrogens is 2. The molecule has 2 rings (SSSR count). The van der Waals surface area contributed by atoms with E-state index in [2.05, 4.69) is 31.2 Å². The van der Waals surface area contributed by atoms with E-state index in [1.807, 2.05) is 0 Å². The Balaban J connectivity index is 1.61. The van der Waals surface area contributed by atoms with Gasteiger partial charge in [0.25, 0.3) is 0 Å². The first kappa shape index (κ1) is 13.7. The molecule has 0 aromatic carbocycles. The maximum absolute atomic E-state index is 5.88. The van der Waals surface area contributed by atoms with Crippen LogP contribution < -0.4 is 5.32 Å². The van der Waals surface area contributed by atoms with Crippen molar-refractivity contribution in [3.8, 4) is 0 Å². The SMILES string of the molecule is Brc1cnc(NCCOC2CCCCCC2)nc1. The summed E-state index contributed by atoms with van der Waals surface area (Å²) in [4.78, 5) is 8.31. The number of nitrogens with zero attached hydrogens (tertiary/aromatic N) is 2. The van der Waals surface area contributed by atoms with Crippen LogP contribution in [0.3, 0.4) is 0 Å². The molecular weight excluding hydrogens is 294 g/mol. The average Bonchev–Trinajstić information content (AvgIpc) is 2.65. The van der Waals surface area contributed by atoms with Gasteiger partial charge < -0.3 is 10.1 Å². The molecule has 1 aliphatic carbocycles. The summed E-state index contributed by atoms with van der Waals surface area (Å²) >= 11 is 3.31. The fourth-order valence-electron chi connectivity index (χ4n) is 2.20. The van der Waals surface area contributed by atoms with Crippen molar-refractivity contribution in [1.82, 2.24) is 9.97 Å². The van der Waals surface area contributed by atoms with Crippen molar-refractivity contribution in [2.24, 2.45) is 0 Å². The Kier molecular flexibility index (Phi) is 5.87. The normalized spacial score (nSPS) is 17.4. The van der Waals surface area contributed by atoms with Gasteiger partial charge in [0, 0.05) is 18.9 Å². The minimum atomic E-state index is 0.458. The standard InChI is InChI=1S/C13H20BrN3O/c14-11-9-16-13(17-10-11)15-7-8-18-12-5-3-1-2-4-6-12/h9-10,12H,1-8H2,(H,15,16,17). The van der Waals surface area contributed by atoms with Crippen LogP contribution in [0.4, 0.5) is 5.95 Å². The Morgan fingerprint density at radius 1 is 1.17 bits per heavy atom. The molecule has 0 unspecified atom stereocenters. The molecular formula is C13H20BrN3O. The Labute approximate surface area is 117 Å². The zero-order chi connectivity index (χ0) is 12.6. The first-order chi connectivity index (χ1) is 8.84. The molecule has 0 aliphatic heterocycles. The summed E-state index contributed by atoms with van der Waals surface area (Å²) in [6, 6.07) is 0. The molecule has 1 heterocycles. The van der Waals surface area contributed by atoms with E-state index in [-0.39, 0.29) is 0 Å². The fraction of sp³-hybridized carbons (Fsp3) is 0.692. The van der Waals surface area contributed by atoms with Gasteiger partial charge in [0.15, 0.2) is 0 Å². The van der Waals surface area contributed by atoms with Gasteiger partial charge in [-0.15, -0.1) is 0 Å². The molecule has 1 aliphatic rings. The van der Waals surface area contributed by atoms with Crippen LogP contribution in [0.2, 0.25) is 0 Å². The third-order valence-corrected chi connectivity index (χ3v) is 3.57. The van der Waals surface area contributed by atoms with E-state index in [1.165, 1.54) is 38.5 Å². The second kappa shape index (κ2) is 7.69. The quantitative estimate of drug-likeness (QED) is 0.668. The topological polar surface area (TPSA) is 47.0 Å². The molecule has 0 bridgehead atoms. The maximum Gasteiger partial charge on any atom is 0.222 e. The van der Waals surface area contributed by atoms with E-state index in [4.69, 9.17) is 4.74 Å². The number of nitrogens with one attached hydrogen (secondary N) is 1. The van der Waals surface area contributed by atoms with Gasteiger partial charge in [-0.2, -0.15) is 0 Å². The van der Waals surface area contributed by atoms with Gasteiger partial charge >= 0.3 is 0 Å². The van der Waals surface area contributed by atoms with Crippen LogP contribution in [0.1, 0.15) is 38.5 Å². The first-order valence-corrected chi connectivity index (χ1v) is 7.47. The van der Waals surface area contributed by atoms with Crippen molar-refractivity contribution >= 4 is 21.9 Å². The van der Waals surface area contributed by atoms with Crippen LogP contribution in [-0.4, -0.2) is 29.2 Å². The summed E-state index contributed by atoms with van der Waals surface area (Å²) in [5.41, 5.74) is 0. The van der Waals surface area contributed by atoms with Crippen LogP contribution >= 0.6 is 15.9 Å². The van der Waals surface area contributed by atoms with Gasteiger partial charge in [-0.3, -0.25) is 0 Å². The highest BCUT2D eigenvalue weighted by Gasteiger charge is 2.11. The lowest BCUT2D eigenvalue weighted by Gasteiger charge is -2.15. The van der Waals surface area contributed by atoms with Crippen molar-refractivity contribution in [2.45, 2.75) is 44.6 Å². The molecule has 1 aromatic heterocycles. The zero-order valence-electron chi connectivity index (χ0n) is 10.6. The van der Waals surface area contributed by atoms with Gasteiger partial charge in [-0.25, -0.2) is 9.97 Å². The third-order valence-electron chi connectivity index (χ3n) is 3.16. The molecule has 0 atom stereocenters. The molecule has 0 radical (unpaired) electrons. The van der Waals surface area contributed by atoms with Crippen LogP contribution in [0.25, 0.3) is 0 Å². The van der Waals surface area contributed by atoms with Crippen LogP contribution in [-0.2, 0) is 4.74 Å². The van der Waals surface area contributed by atoms with Crippen molar-refractivity contribution in [3.05, 3.63) is 16.9 Å². The largest absolute Gasteiger partial charge is 0.376 e. The Bertz CT molecular complexity index is 337. The van der Waals surface area contributed by atoms with E-state index < -0.39 is 0 Å². The smallest absolute Gasteiger partial charge is 0.222 e. The van der Waals surface area contributed by atoms with Gasteiger partial charge in [0.2, 0.25) is 5.95 Å². The van der Waals surface area contributed by atoms with Crippen LogP contribution in [0.15, 0.2) is 16.9 Å². The van der Waals surface area contributed by atoms with E-state index in [0.29, 0.717) is 12.1 Å². The van der Waals surface area contributed by atoms with Crippen molar-refractivity contribution in [1.29, 1.82) is 0 Å². The molecule has 4 nitrogen and oxygen atoms in total. The number of anilines is 1. The molecule has 18 heavy (non-hydrogen) atoms. The van der Waals surface area contributed by atoms with Crippen molar-refractivity contribution < 1.29 is 4.74 Å². The summed E-state index contributed by atoms with van der Waals surface area (Å²) in [7, 11) is 0. The highest BCUT2D eigenvalue weighted by Crippen LogP contribution is 2.19. The van der Waals surface area contributed by atoms with Gasteiger partial charge in [-0.05, 0) is 28.8 Å². The summed E-state index contributed by atoms with van der Waals surface area (Å²) in [6.07, 6.45) is 11.7. The summed E-state index contributed by atoms with van der Waals surface area (Å²) in [5, 5.41) is 3.16. The van der Waals surface area contributed by atoms with Gasteiger partial charge in [0.1, 0.15) is 0 Å². The molecule has 0 amide bonds. The van der Waals surface area contributed by atoms with E-state index in [1.54, 1.807) is 12.4 Å². The second-order valence-electron chi connectivity index (χ2n) is 4.64. The molecule has 1 aromatic rings. The minimum Gasteiger partial charge on any atom is -0.376 e. The van der Waals surface area contributed by atoms with Crippen molar-refractivity contribution in [2.75, 3.05) is 18.5 Å². The predicted molar refractivity (Wildman–Crippen MR) is 75.7 cm³/mol. The van der Waals surface area contributed by atoms with Gasteiger partial charge in [0.05, 0.1) is 17.2 Å². The lowest BCUT2D eigenvalue weighted by atomic mass is 10.1. The maximum atomic E-state index is 5.88. The monoisotopic (exact) mass is 313 g/mol. The summed E-state index contributed by atoms with van der Waals surface area (Å²) in [5.74, 6) is 0.655. The van der Waals surface area contributed by atoms with Crippen LogP contribution in [0.5, 0.6) is 0 Å². The molecule has 5 heteroatoms. The number of hydrogen-bond acceptors (Lipinski definition) is 4. The number of hydrogen-bond donors (Lipinski definition) is 1. The molecule has 1 fully saturated rings. The zero-order valence-corrected chi connectivity index (χ0v) is 12.2. The third kappa shape index (κ3) is 4.90. The lowest BCUT2D eigenvalue weighted by Crippen LogP contribution is -2.18. The molecule has 0 saturated heterocycles. The number of halogens is 1. The molecule has 100 valence electrons. The Hall–Kier alpha value is -0.680. The van der Waals surface area contributed by atoms with Crippen LogP contribution in [0, 0.1) is 0 Å². The number of rotatable bonds is 5. The average molecular weight is 314 g/mol. The summed E-state index contributed by atoms with van der Waals surface area (Å²) < 4.78 is 6.77. The van der Waals surface area contributed by atoms with E-state index in [0.717, 1.165) is 17.6 Å². The Morgan fingerprint density at radius 3 is 2.50 bits per heavy atom. The lowest BCUT2D eigenvalue weighted by molar-refractivity contribution is 0.0501. The fourth-order valence-corrected chi connectivity index (χ4v) is 2.41. The predicted octanol–water partition coefficient (Wildman–Crippen LogP) is 3.39. The van der Waals surface area contributed by atoms with Crippen molar-refractivity contribution in [3.63, 3.8) is 0 Å². The highest BCUT2D eigenvalue weighted by molar-refractivity contribution is 9.10. The summed E-state index contributed by atoms with van der Waals surface area (Å²) in [6.45, 7) is 1.49. The second-order valence-corrected chi connectivity index (χ2v) is 5.55. The molecule has 1 N–H and O–H groups in total. The highest BCUT2D eigenvalue weighted by atomic mass is 79.9. The molecule has 1 saturated carbocycles. The Morgan fingerprint density at radius 2 is 1.83 bits per heavy atom.